The van der Waals surface area contributed by atoms with E-state index in [1.807, 2.05) is 12.1 Å². The quantitative estimate of drug-likeness (QED) is 0.178. The van der Waals surface area contributed by atoms with Gasteiger partial charge in [0.2, 0.25) is 0 Å². The van der Waals surface area contributed by atoms with E-state index in [2.05, 4.69) is 169 Å². The largest absolute Gasteiger partial charge is 0.456 e. The maximum absolute atomic E-state index is 6.98. The normalized spacial score (nSPS) is 11.7. The van der Waals surface area contributed by atoms with Crippen molar-refractivity contribution in [2.45, 2.75) is 0 Å². The Bertz CT molecular complexity index is 2770. The highest BCUT2D eigenvalue weighted by atomic mass is 16.3. The Morgan fingerprint density at radius 3 is 1.55 bits per heavy atom. The molecule has 0 atom stereocenters. The van der Waals surface area contributed by atoms with Crippen LogP contribution in [0.1, 0.15) is 0 Å². The molecule has 0 fully saturated rings. The van der Waals surface area contributed by atoms with Crippen molar-refractivity contribution in [2.75, 3.05) is 4.90 Å². The summed E-state index contributed by atoms with van der Waals surface area (Å²) >= 11 is 0. The summed E-state index contributed by atoms with van der Waals surface area (Å²) in [5.74, 6) is 0.838. The van der Waals surface area contributed by atoms with Gasteiger partial charge in [-0.25, -0.2) is 0 Å². The molecule has 0 radical (unpaired) electrons. The number of hydrogen-bond donors (Lipinski definition) is 0. The zero-order valence-electron chi connectivity index (χ0n) is 26.5. The first-order valence-corrected chi connectivity index (χ1v) is 16.6. The predicted octanol–water partition coefficient (Wildman–Crippen LogP) is 13.4. The fraction of sp³-hybridized carbons (Fsp3) is 0. The van der Waals surface area contributed by atoms with E-state index in [4.69, 9.17) is 8.83 Å². The van der Waals surface area contributed by atoms with Gasteiger partial charge in [-0.05, 0) is 70.3 Å². The number of hydrogen-bond acceptors (Lipinski definition) is 3. The highest BCUT2D eigenvalue weighted by Gasteiger charge is 2.23. The summed E-state index contributed by atoms with van der Waals surface area (Å²) in [6.45, 7) is 0. The second-order valence-corrected chi connectivity index (χ2v) is 12.5. The molecule has 49 heavy (non-hydrogen) atoms. The first kappa shape index (κ1) is 27.5. The van der Waals surface area contributed by atoms with E-state index in [-0.39, 0.29) is 0 Å². The summed E-state index contributed by atoms with van der Waals surface area (Å²) < 4.78 is 13.7. The molecule has 8 aromatic carbocycles. The summed E-state index contributed by atoms with van der Waals surface area (Å²) in [4.78, 5) is 2.26. The zero-order valence-corrected chi connectivity index (χ0v) is 26.5. The van der Waals surface area contributed by atoms with Gasteiger partial charge in [0, 0.05) is 55.8 Å². The van der Waals surface area contributed by atoms with Gasteiger partial charge in [0.15, 0.2) is 0 Å². The fourth-order valence-electron chi connectivity index (χ4n) is 7.46. The van der Waals surface area contributed by atoms with Gasteiger partial charge in [-0.3, -0.25) is 0 Å². The molecular weight excluding hydrogens is 599 g/mol. The lowest BCUT2D eigenvalue weighted by atomic mass is 9.92. The first-order chi connectivity index (χ1) is 24.3. The van der Waals surface area contributed by atoms with Crippen LogP contribution in [0.4, 0.5) is 17.1 Å². The van der Waals surface area contributed by atoms with E-state index in [0.717, 1.165) is 77.8 Å². The summed E-state index contributed by atoms with van der Waals surface area (Å²) in [5.41, 5.74) is 8.96. The second kappa shape index (κ2) is 11.0. The van der Waals surface area contributed by atoms with Crippen LogP contribution in [-0.2, 0) is 0 Å². The van der Waals surface area contributed by atoms with Crippen molar-refractivity contribution in [2.24, 2.45) is 0 Å². The SMILES string of the molecule is c1ccc(-c2c(-c3ccc4c(c3)oc3cc(N(c5ccccc5)c5ccccc5)ccc34)oc3c4ccccc4c4ccccc4c23)cc1. The minimum atomic E-state index is 0.824. The van der Waals surface area contributed by atoms with Crippen LogP contribution in [0.2, 0.25) is 0 Å². The van der Waals surface area contributed by atoms with E-state index in [1.54, 1.807) is 0 Å². The molecule has 0 bridgehead atoms. The molecular formula is C46H29NO2. The minimum absolute atomic E-state index is 0.824. The van der Waals surface area contributed by atoms with Crippen molar-refractivity contribution in [3.8, 4) is 22.5 Å². The van der Waals surface area contributed by atoms with E-state index in [0.29, 0.717) is 0 Å². The van der Waals surface area contributed by atoms with Crippen molar-refractivity contribution in [1.29, 1.82) is 0 Å². The van der Waals surface area contributed by atoms with Gasteiger partial charge < -0.3 is 13.7 Å². The van der Waals surface area contributed by atoms with Gasteiger partial charge in [-0.1, -0.05) is 121 Å². The third-order valence-corrected chi connectivity index (χ3v) is 9.64. The van der Waals surface area contributed by atoms with Crippen molar-refractivity contribution in [3.63, 3.8) is 0 Å². The van der Waals surface area contributed by atoms with Crippen LogP contribution in [0, 0.1) is 0 Å². The average Bonchev–Trinajstić information content (AvgIpc) is 3.75. The monoisotopic (exact) mass is 627 g/mol. The van der Waals surface area contributed by atoms with Crippen LogP contribution in [0.3, 0.4) is 0 Å². The van der Waals surface area contributed by atoms with Crippen molar-refractivity contribution in [3.05, 3.63) is 176 Å². The Morgan fingerprint density at radius 1 is 0.347 bits per heavy atom. The second-order valence-electron chi connectivity index (χ2n) is 12.5. The molecule has 0 aliphatic heterocycles. The molecule has 10 rings (SSSR count). The van der Waals surface area contributed by atoms with Gasteiger partial charge >= 0.3 is 0 Å². The van der Waals surface area contributed by atoms with Crippen LogP contribution >= 0.6 is 0 Å². The van der Waals surface area contributed by atoms with E-state index in [1.165, 1.54) is 16.2 Å². The van der Waals surface area contributed by atoms with Crippen molar-refractivity contribution < 1.29 is 8.83 Å². The number of para-hydroxylation sites is 2. The van der Waals surface area contributed by atoms with Crippen LogP contribution in [-0.4, -0.2) is 0 Å². The maximum atomic E-state index is 6.98. The first-order valence-electron chi connectivity index (χ1n) is 16.6. The van der Waals surface area contributed by atoms with E-state index < -0.39 is 0 Å². The summed E-state index contributed by atoms with van der Waals surface area (Å²) in [6.07, 6.45) is 0. The summed E-state index contributed by atoms with van der Waals surface area (Å²) in [7, 11) is 0. The molecule has 0 aliphatic rings. The van der Waals surface area contributed by atoms with Gasteiger partial charge in [0.25, 0.3) is 0 Å². The van der Waals surface area contributed by atoms with Crippen molar-refractivity contribution in [1.82, 2.24) is 0 Å². The maximum Gasteiger partial charge on any atom is 0.143 e. The standard InChI is InChI=1S/C46H29NO2/c1-4-14-30(15-5-1)43-44-39-22-12-10-20-35(39)36-21-11-13-23-40(36)46(44)49-45(43)31-24-26-37-38-27-25-34(29-42(38)48-41(37)28-31)47(32-16-6-2-7-17-32)33-18-8-3-9-19-33/h1-29H. The number of fused-ring (bicyclic) bond motifs is 9. The molecule has 0 saturated heterocycles. The molecule has 0 N–H and O–H groups in total. The zero-order chi connectivity index (χ0) is 32.3. The number of nitrogens with zero attached hydrogens (tertiary/aromatic N) is 1. The molecule has 0 spiro atoms. The average molecular weight is 628 g/mol. The molecule has 0 saturated carbocycles. The minimum Gasteiger partial charge on any atom is -0.456 e. The summed E-state index contributed by atoms with van der Waals surface area (Å²) in [6, 6.07) is 61.6. The molecule has 0 unspecified atom stereocenters. The molecule has 2 aromatic heterocycles. The number of anilines is 3. The third kappa shape index (κ3) is 4.37. The number of furan rings is 2. The highest BCUT2D eigenvalue weighted by Crippen LogP contribution is 2.48. The Labute approximate surface area is 282 Å². The Hall–Kier alpha value is -6.58. The topological polar surface area (TPSA) is 29.5 Å². The van der Waals surface area contributed by atoms with E-state index >= 15 is 0 Å². The molecule has 3 nitrogen and oxygen atoms in total. The van der Waals surface area contributed by atoms with Crippen LogP contribution in [0.5, 0.6) is 0 Å². The smallest absolute Gasteiger partial charge is 0.143 e. The van der Waals surface area contributed by atoms with E-state index in [9.17, 15) is 0 Å². The molecule has 0 amide bonds. The molecule has 10 aromatic rings. The van der Waals surface area contributed by atoms with Crippen LogP contribution < -0.4 is 4.90 Å². The van der Waals surface area contributed by atoms with Gasteiger partial charge in [0.05, 0.1) is 0 Å². The lowest BCUT2D eigenvalue weighted by molar-refractivity contribution is 0.635. The lowest BCUT2D eigenvalue weighted by Gasteiger charge is -2.25. The van der Waals surface area contributed by atoms with Crippen molar-refractivity contribution >= 4 is 71.5 Å². The molecule has 2 heterocycles. The molecule has 0 aliphatic carbocycles. The Kier molecular flexibility index (Phi) is 6.18. The van der Waals surface area contributed by atoms with Crippen LogP contribution in [0.25, 0.3) is 76.9 Å². The highest BCUT2D eigenvalue weighted by molar-refractivity contribution is 6.28. The number of benzene rings is 8. The predicted molar refractivity (Wildman–Crippen MR) is 204 cm³/mol. The van der Waals surface area contributed by atoms with Gasteiger partial charge in [-0.15, -0.1) is 0 Å². The van der Waals surface area contributed by atoms with Gasteiger partial charge in [0.1, 0.15) is 22.5 Å². The fourth-order valence-corrected chi connectivity index (χ4v) is 7.46. The molecule has 230 valence electrons. The molecule has 3 heteroatoms. The Balaban J connectivity index is 1.19. The lowest BCUT2D eigenvalue weighted by Crippen LogP contribution is -2.09. The van der Waals surface area contributed by atoms with Crippen LogP contribution in [0.15, 0.2) is 185 Å². The van der Waals surface area contributed by atoms with Gasteiger partial charge in [-0.2, -0.15) is 0 Å². The summed E-state index contributed by atoms with van der Waals surface area (Å²) in [5, 5.41) is 7.99. The Morgan fingerprint density at radius 2 is 0.878 bits per heavy atom. The third-order valence-electron chi connectivity index (χ3n) is 9.64. The number of rotatable bonds is 5.